The summed E-state index contributed by atoms with van der Waals surface area (Å²) >= 11 is 0. The maximum atomic E-state index is 12.8. The number of carbonyl (C=O) groups excluding carboxylic acids is 3. The summed E-state index contributed by atoms with van der Waals surface area (Å²) in [6, 6.07) is 0. The van der Waals surface area contributed by atoms with Gasteiger partial charge in [-0.2, -0.15) is 0 Å². The van der Waals surface area contributed by atoms with Crippen LogP contribution in [-0.2, 0) is 28.6 Å². The highest BCUT2D eigenvalue weighted by Crippen LogP contribution is 2.17. The third-order valence-corrected chi connectivity index (χ3v) is 12.1. The smallest absolute Gasteiger partial charge is 0.306 e. The van der Waals surface area contributed by atoms with E-state index in [9.17, 15) is 14.4 Å². The Kier molecular flexibility index (Phi) is 50.8. The summed E-state index contributed by atoms with van der Waals surface area (Å²) in [4.78, 5) is 37.9. The van der Waals surface area contributed by atoms with Gasteiger partial charge in [0.1, 0.15) is 13.2 Å². The highest BCUT2D eigenvalue weighted by Gasteiger charge is 2.19. The Hall–Kier alpha value is -2.63. The van der Waals surface area contributed by atoms with Gasteiger partial charge in [0.25, 0.3) is 0 Å². The van der Waals surface area contributed by atoms with E-state index in [1.54, 1.807) is 0 Å². The van der Waals surface area contributed by atoms with Crippen LogP contribution in [0.25, 0.3) is 0 Å². The predicted molar refractivity (Wildman–Crippen MR) is 275 cm³/mol. The van der Waals surface area contributed by atoms with Crippen molar-refractivity contribution in [1.29, 1.82) is 0 Å². The van der Waals surface area contributed by atoms with Gasteiger partial charge in [-0.15, -0.1) is 0 Å². The zero-order valence-electron chi connectivity index (χ0n) is 42.6. The molecule has 0 aromatic heterocycles. The van der Waals surface area contributed by atoms with E-state index in [1.165, 1.54) is 161 Å². The molecule has 6 nitrogen and oxygen atoms in total. The molecule has 0 saturated carbocycles. The van der Waals surface area contributed by atoms with Crippen LogP contribution < -0.4 is 0 Å². The Morgan fingerprint density at radius 2 is 0.609 bits per heavy atom. The Morgan fingerprint density at radius 1 is 0.328 bits per heavy atom. The SMILES string of the molecule is CC/C=C\C/C=C\C/C=C\C/C=C\CCCCC(=O)OC(COC(=O)CCCCCCCCCC)COC(=O)CCCCCCCCCCCCCCCCCCCCCCCCC. The molecule has 372 valence electrons. The van der Waals surface area contributed by atoms with Crippen molar-refractivity contribution in [2.45, 2.75) is 290 Å². The molecular formula is C58H104O6. The average Bonchev–Trinajstić information content (AvgIpc) is 3.29. The van der Waals surface area contributed by atoms with Gasteiger partial charge in [0.05, 0.1) is 0 Å². The number of esters is 3. The molecule has 6 heteroatoms. The van der Waals surface area contributed by atoms with Gasteiger partial charge in [-0.05, 0) is 57.8 Å². The molecule has 0 aliphatic heterocycles. The largest absolute Gasteiger partial charge is 0.462 e. The van der Waals surface area contributed by atoms with E-state index in [2.05, 4.69) is 69.4 Å². The molecule has 0 saturated heterocycles. The summed E-state index contributed by atoms with van der Waals surface area (Å²) in [7, 11) is 0. The lowest BCUT2D eigenvalue weighted by molar-refractivity contribution is -0.167. The maximum absolute atomic E-state index is 12.8. The molecular weight excluding hydrogens is 793 g/mol. The van der Waals surface area contributed by atoms with Crippen LogP contribution in [0.4, 0.5) is 0 Å². The Labute approximate surface area is 397 Å². The van der Waals surface area contributed by atoms with Crippen molar-refractivity contribution in [2.24, 2.45) is 0 Å². The molecule has 0 amide bonds. The highest BCUT2D eigenvalue weighted by molar-refractivity contribution is 5.71. The molecule has 0 aromatic carbocycles. The van der Waals surface area contributed by atoms with Crippen LogP contribution in [0.15, 0.2) is 48.6 Å². The molecule has 0 spiro atoms. The number of hydrogen-bond donors (Lipinski definition) is 0. The topological polar surface area (TPSA) is 78.9 Å². The molecule has 0 aromatic rings. The Morgan fingerprint density at radius 3 is 0.953 bits per heavy atom. The van der Waals surface area contributed by atoms with E-state index in [0.717, 1.165) is 77.0 Å². The third kappa shape index (κ3) is 50.4. The number of carbonyl (C=O) groups is 3. The number of ether oxygens (including phenoxy) is 3. The van der Waals surface area contributed by atoms with Crippen LogP contribution in [0, 0.1) is 0 Å². The van der Waals surface area contributed by atoms with Gasteiger partial charge in [0.2, 0.25) is 0 Å². The van der Waals surface area contributed by atoms with E-state index in [4.69, 9.17) is 14.2 Å². The van der Waals surface area contributed by atoms with E-state index in [-0.39, 0.29) is 37.5 Å². The summed E-state index contributed by atoms with van der Waals surface area (Å²) in [5.74, 6) is -0.922. The predicted octanol–water partition coefficient (Wildman–Crippen LogP) is 18.3. The number of unbranched alkanes of at least 4 members (excludes halogenated alkanes) is 31. The fourth-order valence-corrected chi connectivity index (χ4v) is 7.96. The molecule has 1 atom stereocenters. The second-order valence-electron chi connectivity index (χ2n) is 18.5. The first-order chi connectivity index (χ1) is 31.5. The molecule has 0 aliphatic carbocycles. The first-order valence-corrected chi connectivity index (χ1v) is 27.6. The van der Waals surface area contributed by atoms with Gasteiger partial charge in [-0.3, -0.25) is 14.4 Å². The van der Waals surface area contributed by atoms with Crippen molar-refractivity contribution < 1.29 is 28.6 Å². The normalized spacial score (nSPS) is 12.4. The summed E-state index contributed by atoms with van der Waals surface area (Å²) in [5.41, 5.74) is 0. The third-order valence-electron chi connectivity index (χ3n) is 12.1. The van der Waals surface area contributed by atoms with Crippen LogP contribution in [0.3, 0.4) is 0 Å². The second kappa shape index (κ2) is 53.0. The van der Waals surface area contributed by atoms with Gasteiger partial charge in [0, 0.05) is 19.3 Å². The Bertz CT molecular complexity index is 1120. The molecule has 0 rings (SSSR count). The summed E-state index contributed by atoms with van der Waals surface area (Å²) < 4.78 is 16.7. The van der Waals surface area contributed by atoms with E-state index < -0.39 is 6.10 Å². The summed E-state index contributed by atoms with van der Waals surface area (Å²) in [6.45, 7) is 6.49. The molecule has 0 heterocycles. The van der Waals surface area contributed by atoms with Gasteiger partial charge >= 0.3 is 17.9 Å². The number of allylic oxidation sites excluding steroid dienone is 8. The first kappa shape index (κ1) is 61.4. The maximum Gasteiger partial charge on any atom is 0.306 e. The van der Waals surface area contributed by atoms with Gasteiger partial charge < -0.3 is 14.2 Å². The lowest BCUT2D eigenvalue weighted by Gasteiger charge is -2.18. The number of hydrogen-bond acceptors (Lipinski definition) is 6. The standard InChI is InChI=1S/C58H104O6/c1-4-7-10-13-16-19-21-23-25-26-27-28-29-30-31-32-34-35-37-39-42-45-48-51-57(60)63-54-55(53-62-56(59)50-47-44-41-18-15-12-9-6-3)64-58(61)52-49-46-43-40-38-36-33-24-22-20-17-14-11-8-5-2/h8,11,17,20,24,33,38,40,55H,4-7,9-10,12-16,18-19,21-23,25-32,34-37,39,41-54H2,1-3H3/b11-8-,20-17-,33-24-,40-38-. The minimum Gasteiger partial charge on any atom is -0.462 e. The molecule has 64 heavy (non-hydrogen) atoms. The van der Waals surface area contributed by atoms with Gasteiger partial charge in [-0.1, -0.05) is 256 Å². The van der Waals surface area contributed by atoms with Crippen molar-refractivity contribution in [3.63, 3.8) is 0 Å². The van der Waals surface area contributed by atoms with Crippen molar-refractivity contribution >= 4 is 17.9 Å². The average molecular weight is 897 g/mol. The fourth-order valence-electron chi connectivity index (χ4n) is 7.96. The Balaban J connectivity index is 4.21. The van der Waals surface area contributed by atoms with Gasteiger partial charge in [0.15, 0.2) is 6.10 Å². The summed E-state index contributed by atoms with van der Waals surface area (Å²) in [5, 5.41) is 0. The van der Waals surface area contributed by atoms with Crippen molar-refractivity contribution in [3.05, 3.63) is 48.6 Å². The van der Waals surface area contributed by atoms with Crippen molar-refractivity contribution in [2.75, 3.05) is 13.2 Å². The van der Waals surface area contributed by atoms with Gasteiger partial charge in [-0.25, -0.2) is 0 Å². The zero-order chi connectivity index (χ0) is 46.5. The molecule has 0 N–H and O–H groups in total. The van der Waals surface area contributed by atoms with Crippen LogP contribution in [-0.4, -0.2) is 37.2 Å². The van der Waals surface area contributed by atoms with Crippen molar-refractivity contribution in [1.82, 2.24) is 0 Å². The minimum atomic E-state index is -0.789. The lowest BCUT2D eigenvalue weighted by Crippen LogP contribution is -2.30. The first-order valence-electron chi connectivity index (χ1n) is 27.6. The minimum absolute atomic E-state index is 0.0864. The van der Waals surface area contributed by atoms with E-state index in [1.807, 2.05) is 0 Å². The summed E-state index contributed by atoms with van der Waals surface area (Å²) in [6.07, 6.45) is 64.1. The van der Waals surface area contributed by atoms with Crippen LogP contribution in [0.1, 0.15) is 284 Å². The zero-order valence-corrected chi connectivity index (χ0v) is 42.6. The highest BCUT2D eigenvalue weighted by atomic mass is 16.6. The molecule has 0 bridgehead atoms. The number of rotatable bonds is 50. The monoisotopic (exact) mass is 897 g/mol. The van der Waals surface area contributed by atoms with Crippen LogP contribution >= 0.6 is 0 Å². The molecule has 0 radical (unpaired) electrons. The lowest BCUT2D eigenvalue weighted by atomic mass is 10.0. The van der Waals surface area contributed by atoms with Crippen LogP contribution in [0.5, 0.6) is 0 Å². The quantitative estimate of drug-likeness (QED) is 0.0262. The van der Waals surface area contributed by atoms with Crippen molar-refractivity contribution in [3.8, 4) is 0 Å². The van der Waals surface area contributed by atoms with E-state index >= 15 is 0 Å². The fraction of sp³-hybridized carbons (Fsp3) is 0.810. The molecule has 0 fully saturated rings. The second-order valence-corrected chi connectivity index (χ2v) is 18.5. The van der Waals surface area contributed by atoms with E-state index in [0.29, 0.717) is 19.3 Å². The molecule has 1 unspecified atom stereocenters. The van der Waals surface area contributed by atoms with Crippen LogP contribution in [0.2, 0.25) is 0 Å². The molecule has 0 aliphatic rings.